The predicted molar refractivity (Wildman–Crippen MR) is 146 cm³/mol. The zero-order valence-corrected chi connectivity index (χ0v) is 22.4. The Morgan fingerprint density at radius 2 is 1.57 bits per heavy atom. The molecule has 4 aliphatic rings. The molecule has 0 aromatic heterocycles. The van der Waals surface area contributed by atoms with E-state index in [0.29, 0.717) is 30.0 Å². The molecule has 1 saturated heterocycles. The molecule has 0 bridgehead atoms. The average Bonchev–Trinajstić information content (AvgIpc) is 3.28. The number of allylic oxidation sites excluding steroid dienone is 2. The number of hydrogen-bond acceptors (Lipinski definition) is 3. The number of carbonyl (C=O) groups is 2. The fourth-order valence-electron chi connectivity index (χ4n) is 8.87. The number of hydrogen-bond donors (Lipinski definition) is 2. The molecule has 1 heterocycles. The molecule has 0 spiro atoms. The first-order valence-corrected chi connectivity index (χ1v) is 14.2. The first kappa shape index (κ1) is 24.5. The predicted octanol–water partition coefficient (Wildman–Crippen LogP) is 6.20. The number of fused-ring (bicyclic) bond motifs is 5. The highest BCUT2D eigenvalue weighted by atomic mass is 16.2. The Labute approximate surface area is 221 Å². The first-order valence-electron chi connectivity index (χ1n) is 14.2. The summed E-state index contributed by atoms with van der Waals surface area (Å²) in [7, 11) is 0. The Balaban J connectivity index is 1.25. The van der Waals surface area contributed by atoms with E-state index in [-0.39, 0.29) is 28.7 Å². The molecule has 2 aromatic rings. The lowest BCUT2D eigenvalue weighted by molar-refractivity contribution is -0.133. The van der Waals surface area contributed by atoms with Crippen LogP contribution in [0.25, 0.3) is 0 Å². The van der Waals surface area contributed by atoms with Crippen LogP contribution in [0.1, 0.15) is 76.5 Å². The minimum Gasteiger partial charge on any atom is -0.387 e. The maximum Gasteiger partial charge on any atom is 0.224 e. The van der Waals surface area contributed by atoms with Crippen molar-refractivity contribution in [1.29, 1.82) is 0 Å². The van der Waals surface area contributed by atoms with Crippen LogP contribution in [0.4, 0.5) is 0 Å². The summed E-state index contributed by atoms with van der Waals surface area (Å²) in [4.78, 5) is 26.5. The van der Waals surface area contributed by atoms with Gasteiger partial charge in [0.2, 0.25) is 5.91 Å². The zero-order chi connectivity index (χ0) is 25.8. The third-order valence-electron chi connectivity index (χ3n) is 10.9. The number of rotatable bonds is 4. The van der Waals surface area contributed by atoms with Crippen molar-refractivity contribution in [3.63, 3.8) is 0 Å². The highest BCUT2D eigenvalue weighted by Crippen LogP contribution is 2.64. The summed E-state index contributed by atoms with van der Waals surface area (Å²) in [6, 6.07) is 20.5. The molecule has 2 aromatic carbocycles. The summed E-state index contributed by atoms with van der Waals surface area (Å²) in [5.74, 6) is 2.24. The number of carbonyl (C=O) groups excluding carboxylic acids is 2. The van der Waals surface area contributed by atoms with Gasteiger partial charge in [-0.15, -0.1) is 0 Å². The molecule has 0 unspecified atom stereocenters. The van der Waals surface area contributed by atoms with Crippen molar-refractivity contribution in [1.82, 2.24) is 10.6 Å². The lowest BCUT2D eigenvalue weighted by Crippen LogP contribution is -2.57. The van der Waals surface area contributed by atoms with Crippen molar-refractivity contribution in [3.05, 3.63) is 83.1 Å². The van der Waals surface area contributed by atoms with Crippen LogP contribution in [0, 0.1) is 34.5 Å². The lowest BCUT2D eigenvalue weighted by atomic mass is 9.49. The monoisotopic (exact) mass is 496 g/mol. The molecule has 0 radical (unpaired) electrons. The second kappa shape index (κ2) is 9.15. The second-order valence-electron chi connectivity index (χ2n) is 12.5. The largest absolute Gasteiger partial charge is 0.387 e. The number of piperidine rings is 1. The van der Waals surface area contributed by atoms with Gasteiger partial charge in [-0.25, -0.2) is 0 Å². The molecule has 2 saturated carbocycles. The third-order valence-corrected chi connectivity index (χ3v) is 10.9. The summed E-state index contributed by atoms with van der Waals surface area (Å²) in [6.45, 7) is 7.75. The Morgan fingerprint density at radius 3 is 2.22 bits per heavy atom. The molecular weight excluding hydrogens is 456 g/mol. The molecule has 194 valence electrons. The smallest absolute Gasteiger partial charge is 0.224 e. The summed E-state index contributed by atoms with van der Waals surface area (Å²) >= 11 is 0. The molecule has 4 heteroatoms. The quantitative estimate of drug-likeness (QED) is 0.530. The van der Waals surface area contributed by atoms with E-state index in [9.17, 15) is 9.59 Å². The van der Waals surface area contributed by atoms with Gasteiger partial charge in [0.15, 0.2) is 5.78 Å². The van der Waals surface area contributed by atoms with E-state index in [1.165, 1.54) is 5.70 Å². The van der Waals surface area contributed by atoms with Crippen molar-refractivity contribution >= 4 is 11.7 Å². The van der Waals surface area contributed by atoms with E-state index < -0.39 is 0 Å². The van der Waals surface area contributed by atoms with Crippen molar-refractivity contribution < 1.29 is 9.59 Å². The Bertz CT molecular complexity index is 1180. The van der Waals surface area contributed by atoms with Crippen LogP contribution in [0.15, 0.2) is 71.9 Å². The van der Waals surface area contributed by atoms with Crippen LogP contribution in [0.3, 0.4) is 0 Å². The van der Waals surface area contributed by atoms with E-state index in [0.717, 1.165) is 55.3 Å². The molecule has 3 fully saturated rings. The SMILES string of the molecule is CC1=C2NC[C@H]3[C@@H]4CC[C@H](C(=O)NC(c5ccccc5)c5ccccc5)[C@@]4(C)CC[C@@H]3[C@@]2(C)CCC1=O. The number of Topliss-reactive ketones (excluding diaryl/α,β-unsaturated/α-hetero) is 1. The van der Waals surface area contributed by atoms with Gasteiger partial charge in [-0.2, -0.15) is 0 Å². The van der Waals surface area contributed by atoms with Gasteiger partial charge >= 0.3 is 0 Å². The van der Waals surface area contributed by atoms with Crippen LogP contribution >= 0.6 is 0 Å². The van der Waals surface area contributed by atoms with E-state index in [2.05, 4.69) is 48.7 Å². The Hall–Kier alpha value is -2.88. The van der Waals surface area contributed by atoms with E-state index in [4.69, 9.17) is 0 Å². The standard InChI is InChI=1S/C33H40N2O2/c1-21-28(36)17-19-33(3)26-16-18-32(2)25(24(26)20-34-30(21)33)14-15-27(32)31(37)35-29(22-10-6-4-7-11-22)23-12-8-5-9-13-23/h4-13,24-27,29,34H,14-20H2,1-3H3,(H,35,37)/t24-,25-,26-,27+,32-,33+/m0/s1. The van der Waals surface area contributed by atoms with Crippen molar-refractivity contribution in [2.24, 2.45) is 34.5 Å². The normalized spacial score (nSPS) is 34.9. The van der Waals surface area contributed by atoms with Gasteiger partial charge < -0.3 is 10.6 Å². The summed E-state index contributed by atoms with van der Waals surface area (Å²) in [5.41, 5.74) is 4.50. The topological polar surface area (TPSA) is 58.2 Å². The minimum atomic E-state index is -0.139. The maximum atomic E-state index is 14.0. The summed E-state index contributed by atoms with van der Waals surface area (Å²) < 4.78 is 0. The average molecular weight is 497 g/mol. The van der Waals surface area contributed by atoms with Gasteiger partial charge in [0.25, 0.3) is 0 Å². The minimum absolute atomic E-state index is 0.0158. The molecule has 2 N–H and O–H groups in total. The third kappa shape index (κ3) is 3.86. The molecule has 1 amide bonds. The fourth-order valence-corrected chi connectivity index (χ4v) is 8.87. The van der Waals surface area contributed by atoms with Crippen molar-refractivity contribution in [3.8, 4) is 0 Å². The van der Waals surface area contributed by atoms with Crippen LogP contribution in [-0.2, 0) is 9.59 Å². The molecule has 6 rings (SSSR count). The summed E-state index contributed by atoms with van der Waals surface area (Å²) in [5, 5.41) is 7.23. The van der Waals surface area contributed by atoms with Gasteiger partial charge in [-0.1, -0.05) is 74.5 Å². The van der Waals surface area contributed by atoms with Gasteiger partial charge in [0, 0.05) is 35.6 Å². The van der Waals surface area contributed by atoms with Gasteiger partial charge in [0.05, 0.1) is 6.04 Å². The number of nitrogens with one attached hydrogen (secondary N) is 2. The molecule has 1 aliphatic heterocycles. The van der Waals surface area contributed by atoms with Crippen molar-refractivity contribution in [2.45, 2.75) is 65.3 Å². The second-order valence-corrected chi connectivity index (χ2v) is 12.5. The van der Waals surface area contributed by atoms with Crippen LogP contribution in [0.2, 0.25) is 0 Å². The number of benzene rings is 2. The highest BCUT2D eigenvalue weighted by Gasteiger charge is 2.60. The van der Waals surface area contributed by atoms with Crippen molar-refractivity contribution in [2.75, 3.05) is 6.54 Å². The zero-order valence-electron chi connectivity index (χ0n) is 22.4. The number of ketones is 1. The lowest BCUT2D eigenvalue weighted by Gasteiger charge is -2.58. The van der Waals surface area contributed by atoms with Crippen LogP contribution in [0.5, 0.6) is 0 Å². The van der Waals surface area contributed by atoms with E-state index in [1.54, 1.807) is 0 Å². The molecule has 4 nitrogen and oxygen atoms in total. The Morgan fingerprint density at radius 1 is 0.919 bits per heavy atom. The van der Waals surface area contributed by atoms with Crippen LogP contribution < -0.4 is 10.6 Å². The maximum absolute atomic E-state index is 14.0. The highest BCUT2D eigenvalue weighted by molar-refractivity contribution is 5.96. The van der Waals surface area contributed by atoms with E-state index >= 15 is 0 Å². The molecular formula is C33H40N2O2. The van der Waals surface area contributed by atoms with Gasteiger partial charge in [-0.3, -0.25) is 9.59 Å². The summed E-state index contributed by atoms with van der Waals surface area (Å²) in [6.07, 6.45) is 5.94. The first-order chi connectivity index (χ1) is 17.8. The fraction of sp³-hybridized carbons (Fsp3) is 0.515. The van der Waals surface area contributed by atoms with Gasteiger partial charge in [0.1, 0.15) is 0 Å². The molecule has 3 aliphatic carbocycles. The number of amides is 1. The van der Waals surface area contributed by atoms with Gasteiger partial charge in [-0.05, 0) is 73.3 Å². The van der Waals surface area contributed by atoms with E-state index in [1.807, 2.05) is 43.3 Å². The molecule has 37 heavy (non-hydrogen) atoms. The van der Waals surface area contributed by atoms with Crippen LogP contribution in [-0.4, -0.2) is 18.2 Å². The Kier molecular flexibility index (Phi) is 6.05. The molecule has 6 atom stereocenters.